The predicted molar refractivity (Wildman–Crippen MR) is 251 cm³/mol. The smallest absolute Gasteiger partial charge is 0.306 e. The lowest BCUT2D eigenvalue weighted by molar-refractivity contribution is -0.150. The predicted octanol–water partition coefficient (Wildman–Crippen LogP) is 12.5. The summed E-state index contributed by atoms with van der Waals surface area (Å²) in [6, 6.07) is 0. The number of nitrogens with one attached hydrogen (secondary N) is 1. The average Bonchev–Trinajstić information content (AvgIpc) is 3.22. The van der Waals surface area contributed by atoms with Crippen LogP contribution in [0.5, 0.6) is 0 Å². The van der Waals surface area contributed by atoms with E-state index in [1.807, 2.05) is 14.1 Å². The molecule has 9 heteroatoms. The Kier molecular flexibility index (Phi) is 35.6. The van der Waals surface area contributed by atoms with Crippen molar-refractivity contribution in [1.82, 2.24) is 4.90 Å². The Morgan fingerprint density at radius 1 is 0.508 bits per heavy atom. The first-order valence-corrected chi connectivity index (χ1v) is 25.1. The van der Waals surface area contributed by atoms with Crippen molar-refractivity contribution in [3.8, 4) is 0 Å². The zero-order chi connectivity index (χ0) is 43.2. The summed E-state index contributed by atoms with van der Waals surface area (Å²) in [5.74, 6) is -0.117. The lowest BCUT2D eigenvalue weighted by Crippen LogP contribution is -2.44. The summed E-state index contributed by atoms with van der Waals surface area (Å²) < 4.78 is 11.5. The topological polar surface area (TPSA) is 105 Å². The van der Waals surface area contributed by atoms with Crippen molar-refractivity contribution in [2.24, 2.45) is 0 Å². The lowest BCUT2D eigenvalue weighted by Gasteiger charge is -2.28. The molecule has 0 saturated heterocycles. The van der Waals surface area contributed by atoms with Crippen LogP contribution >= 0.6 is 0 Å². The third-order valence-corrected chi connectivity index (χ3v) is 11.7. The highest BCUT2D eigenvalue weighted by Gasteiger charge is 2.25. The van der Waals surface area contributed by atoms with Gasteiger partial charge in [-0.25, -0.2) is 0 Å². The van der Waals surface area contributed by atoms with E-state index in [0.717, 1.165) is 122 Å². The van der Waals surface area contributed by atoms with E-state index in [1.165, 1.54) is 96.3 Å². The number of esters is 2. The van der Waals surface area contributed by atoms with Gasteiger partial charge in [-0.2, -0.15) is 0 Å². The quantitative estimate of drug-likeness (QED) is 0.0391. The summed E-state index contributed by atoms with van der Waals surface area (Å²) in [7, 11) is 3.98. The molecule has 0 unspecified atom stereocenters. The molecule has 0 spiro atoms. The zero-order valence-corrected chi connectivity index (χ0v) is 39.3. The number of carbonyl (C=O) groups excluding carboxylic acids is 2. The molecule has 0 aromatic heterocycles. The van der Waals surface area contributed by atoms with Crippen LogP contribution in [0.1, 0.15) is 233 Å². The van der Waals surface area contributed by atoms with E-state index < -0.39 is 5.43 Å². The minimum absolute atomic E-state index is 0.0359. The van der Waals surface area contributed by atoms with Gasteiger partial charge in [-0.05, 0) is 71.9 Å². The van der Waals surface area contributed by atoms with Crippen molar-refractivity contribution < 1.29 is 19.1 Å². The van der Waals surface area contributed by atoms with Gasteiger partial charge in [0.15, 0.2) is 0 Å². The minimum atomic E-state index is -0.407. The molecule has 0 fully saturated rings. The molecule has 0 heterocycles. The number of unbranched alkanes of at least 4 members (excludes halogenated alkanes) is 24. The van der Waals surface area contributed by atoms with Crippen LogP contribution < -0.4 is 21.1 Å². The van der Waals surface area contributed by atoms with Gasteiger partial charge in [0.1, 0.15) is 17.5 Å². The van der Waals surface area contributed by atoms with E-state index in [9.17, 15) is 19.2 Å². The van der Waals surface area contributed by atoms with Gasteiger partial charge < -0.3 is 24.6 Å². The van der Waals surface area contributed by atoms with Crippen molar-refractivity contribution in [1.29, 1.82) is 0 Å². The van der Waals surface area contributed by atoms with Gasteiger partial charge in [0.2, 0.25) is 0 Å². The fourth-order valence-electron chi connectivity index (χ4n) is 7.92. The second kappa shape index (κ2) is 38.5. The summed E-state index contributed by atoms with van der Waals surface area (Å²) in [5, 5.41) is 3.24. The molecular formula is C50H93N3O6. The Bertz CT molecular complexity index is 1200. The number of hydrogen-bond acceptors (Lipinski definition) is 9. The highest BCUT2D eigenvalue weighted by atomic mass is 16.5. The van der Waals surface area contributed by atoms with Gasteiger partial charge in [0, 0.05) is 39.0 Å². The Labute approximate surface area is 362 Å². The zero-order valence-electron chi connectivity index (χ0n) is 39.3. The number of likely N-dealkylation sites (N-methyl/N-ethyl adjacent to an activating group) is 1. The fourth-order valence-corrected chi connectivity index (χ4v) is 7.92. The molecule has 344 valence electrons. The van der Waals surface area contributed by atoms with E-state index in [-0.39, 0.29) is 23.5 Å². The van der Waals surface area contributed by atoms with Gasteiger partial charge in [-0.15, -0.1) is 0 Å². The molecule has 9 nitrogen and oxygen atoms in total. The molecule has 0 aliphatic carbocycles. The Morgan fingerprint density at radius 3 is 1.42 bits per heavy atom. The summed E-state index contributed by atoms with van der Waals surface area (Å²) in [6.45, 7) is 10.1. The molecule has 0 amide bonds. The third kappa shape index (κ3) is 29.5. The van der Waals surface area contributed by atoms with Crippen molar-refractivity contribution in [3.05, 3.63) is 20.4 Å². The Balaban J connectivity index is 2.47. The molecule has 0 saturated carbocycles. The van der Waals surface area contributed by atoms with Crippen LogP contribution in [0.15, 0.2) is 9.59 Å². The molecule has 1 aromatic rings. The van der Waals surface area contributed by atoms with Gasteiger partial charge in [0.25, 0.3) is 10.9 Å². The van der Waals surface area contributed by atoms with Crippen LogP contribution in [0.2, 0.25) is 0 Å². The monoisotopic (exact) mass is 832 g/mol. The van der Waals surface area contributed by atoms with Crippen molar-refractivity contribution >= 4 is 23.3 Å². The number of hydrogen-bond donors (Lipinski definition) is 1. The van der Waals surface area contributed by atoms with E-state index >= 15 is 0 Å². The molecular weight excluding hydrogens is 739 g/mol. The second-order valence-corrected chi connectivity index (χ2v) is 17.7. The van der Waals surface area contributed by atoms with Crippen molar-refractivity contribution in [2.75, 3.05) is 57.1 Å². The maximum atomic E-state index is 12.9. The van der Waals surface area contributed by atoms with Crippen molar-refractivity contribution in [3.63, 3.8) is 0 Å². The van der Waals surface area contributed by atoms with Gasteiger partial charge >= 0.3 is 11.9 Å². The van der Waals surface area contributed by atoms with Gasteiger partial charge in [-0.3, -0.25) is 19.2 Å². The van der Waals surface area contributed by atoms with E-state index in [2.05, 4.69) is 35.9 Å². The van der Waals surface area contributed by atoms with E-state index in [1.54, 1.807) is 0 Å². The molecule has 0 bridgehead atoms. The number of anilines is 2. The Morgan fingerprint density at radius 2 is 0.932 bits per heavy atom. The Hall–Kier alpha value is -2.42. The van der Waals surface area contributed by atoms with Crippen LogP contribution in [0.25, 0.3) is 0 Å². The standard InChI is InChI=1S/C50H93N3O6/c1-6-9-12-15-18-27-34-43-58-45(54)37-30-23-19-25-32-40-53(48-47(49(56)50(48)57)51-39-42-52(4)5)41-33-26-20-24-31-38-46(55)59-44(35-28-21-16-13-10-7-2)36-29-22-17-14-11-8-3/h44,51H,6-43H2,1-5H3. The molecule has 1 N–H and O–H groups in total. The van der Waals surface area contributed by atoms with E-state index in [4.69, 9.17) is 9.47 Å². The average molecular weight is 832 g/mol. The highest BCUT2D eigenvalue weighted by Crippen LogP contribution is 2.23. The highest BCUT2D eigenvalue weighted by molar-refractivity contribution is 5.75. The van der Waals surface area contributed by atoms with E-state index in [0.29, 0.717) is 37.4 Å². The fraction of sp³-hybridized carbons (Fsp3) is 0.880. The van der Waals surface area contributed by atoms with Crippen LogP contribution in [0.3, 0.4) is 0 Å². The molecule has 0 aliphatic rings. The molecule has 0 atom stereocenters. The summed E-state index contributed by atoms with van der Waals surface area (Å²) >= 11 is 0. The maximum Gasteiger partial charge on any atom is 0.306 e. The van der Waals surface area contributed by atoms with Gasteiger partial charge in [0.05, 0.1) is 6.61 Å². The first-order valence-electron chi connectivity index (χ1n) is 25.1. The summed E-state index contributed by atoms with van der Waals surface area (Å²) in [4.78, 5) is 54.7. The van der Waals surface area contributed by atoms with Gasteiger partial charge in [-0.1, -0.05) is 162 Å². The van der Waals surface area contributed by atoms with Crippen LogP contribution in [-0.2, 0) is 19.1 Å². The number of nitrogens with zero attached hydrogens (tertiary/aromatic N) is 2. The number of carbonyl (C=O) groups is 2. The first-order chi connectivity index (χ1) is 28.7. The summed E-state index contributed by atoms with van der Waals surface area (Å²) in [6.07, 6.45) is 36.2. The molecule has 0 aliphatic heterocycles. The normalized spacial score (nSPS) is 11.6. The molecule has 59 heavy (non-hydrogen) atoms. The van der Waals surface area contributed by atoms with Crippen LogP contribution in [-0.4, -0.2) is 69.8 Å². The van der Waals surface area contributed by atoms with Crippen LogP contribution in [0, 0.1) is 0 Å². The number of ether oxygens (including phenoxy) is 2. The molecule has 1 aromatic carbocycles. The maximum absolute atomic E-state index is 12.9. The third-order valence-electron chi connectivity index (χ3n) is 11.7. The number of rotatable bonds is 44. The summed E-state index contributed by atoms with van der Waals surface area (Å²) in [5.41, 5.74) is 0.237. The SMILES string of the molecule is CCCCCCCCCOC(=O)CCCCCCCN(CCCCCCCC(=O)OC(CCCCCCCC)CCCCCCCC)c1c(NCCN(C)C)c(=O)c1=O. The molecule has 0 radical (unpaired) electrons. The van der Waals surface area contributed by atoms with Crippen LogP contribution in [0.4, 0.5) is 11.4 Å². The minimum Gasteiger partial charge on any atom is -0.466 e. The second-order valence-electron chi connectivity index (χ2n) is 17.7. The largest absolute Gasteiger partial charge is 0.466 e. The first kappa shape index (κ1) is 54.6. The molecule has 1 rings (SSSR count). The van der Waals surface area contributed by atoms with Crippen molar-refractivity contribution in [2.45, 2.75) is 239 Å². The lowest BCUT2D eigenvalue weighted by atomic mass is 10.0.